The summed E-state index contributed by atoms with van der Waals surface area (Å²) in [5, 5.41) is 15.4. The van der Waals surface area contributed by atoms with Crippen LogP contribution in [0.3, 0.4) is 0 Å². The number of fused-ring (bicyclic) bond motifs is 9. The highest BCUT2D eigenvalue weighted by Gasteiger charge is 2.19. The zero-order valence-corrected chi connectivity index (χ0v) is 26.3. The summed E-state index contributed by atoms with van der Waals surface area (Å²) in [5.74, 6) is 0. The SMILES string of the molecule is c1ccc(-c2ccc3c(-c4ccc5c6ccccc6c6ccccc6c5c4)c4ccccc4c(-c4cccc5ccccc45)c3c2)cc1. The van der Waals surface area contributed by atoms with Crippen molar-refractivity contribution in [1.29, 1.82) is 0 Å². The second kappa shape index (κ2) is 10.7. The van der Waals surface area contributed by atoms with Gasteiger partial charge in [-0.2, -0.15) is 0 Å². The molecular weight excluding hydrogens is 577 g/mol. The van der Waals surface area contributed by atoms with E-state index in [1.807, 2.05) is 0 Å². The van der Waals surface area contributed by atoms with Gasteiger partial charge in [0.05, 0.1) is 0 Å². The summed E-state index contributed by atoms with van der Waals surface area (Å²) in [7, 11) is 0. The Balaban J connectivity index is 1.36. The molecule has 0 saturated carbocycles. The maximum absolute atomic E-state index is 2.44. The molecule has 10 rings (SSSR count). The molecule has 0 fully saturated rings. The van der Waals surface area contributed by atoms with Crippen LogP contribution in [-0.4, -0.2) is 0 Å². The van der Waals surface area contributed by atoms with Crippen molar-refractivity contribution in [2.24, 2.45) is 0 Å². The minimum atomic E-state index is 1.22. The van der Waals surface area contributed by atoms with Crippen molar-refractivity contribution < 1.29 is 0 Å². The van der Waals surface area contributed by atoms with E-state index in [1.165, 1.54) is 98.0 Å². The number of hydrogen-bond acceptors (Lipinski definition) is 0. The molecule has 0 nitrogen and oxygen atoms in total. The van der Waals surface area contributed by atoms with Gasteiger partial charge in [-0.25, -0.2) is 0 Å². The van der Waals surface area contributed by atoms with Gasteiger partial charge >= 0.3 is 0 Å². The molecule has 0 aliphatic heterocycles. The van der Waals surface area contributed by atoms with Gasteiger partial charge < -0.3 is 0 Å². The second-order valence-corrected chi connectivity index (χ2v) is 12.8. The highest BCUT2D eigenvalue weighted by molar-refractivity contribution is 6.28. The molecule has 0 heteroatoms. The maximum Gasteiger partial charge on any atom is -0.00199 e. The maximum atomic E-state index is 2.44. The standard InChI is InChI=1S/C48H30/c1-2-13-31(14-3-1)33-25-28-44-46(29-33)48(41-24-12-16-32-15-4-5-17-35(32)41)43-23-11-10-22-42(43)47(44)34-26-27-40-38-20-7-6-18-36(38)37-19-8-9-21-39(37)45(40)30-34/h1-30H. The first kappa shape index (κ1) is 26.9. The van der Waals surface area contributed by atoms with E-state index >= 15 is 0 Å². The van der Waals surface area contributed by atoms with Crippen LogP contribution in [0.1, 0.15) is 0 Å². The molecule has 0 aliphatic rings. The predicted octanol–water partition coefficient (Wildman–Crippen LogP) is 13.6. The zero-order valence-electron chi connectivity index (χ0n) is 26.3. The van der Waals surface area contributed by atoms with E-state index in [4.69, 9.17) is 0 Å². The van der Waals surface area contributed by atoms with Gasteiger partial charge in [-0.1, -0.05) is 170 Å². The summed E-state index contributed by atoms with van der Waals surface area (Å²) in [5.41, 5.74) is 7.52. The van der Waals surface area contributed by atoms with Crippen LogP contribution in [0.2, 0.25) is 0 Å². The van der Waals surface area contributed by atoms with Crippen molar-refractivity contribution in [2.75, 3.05) is 0 Å². The zero-order chi connectivity index (χ0) is 31.6. The average molecular weight is 607 g/mol. The fraction of sp³-hybridized carbons (Fsp3) is 0. The Bertz CT molecular complexity index is 2840. The van der Waals surface area contributed by atoms with Crippen LogP contribution in [0, 0.1) is 0 Å². The molecule has 48 heavy (non-hydrogen) atoms. The van der Waals surface area contributed by atoms with Gasteiger partial charge in [-0.15, -0.1) is 0 Å². The highest BCUT2D eigenvalue weighted by atomic mass is 14.2. The Morgan fingerprint density at radius 3 is 1.38 bits per heavy atom. The minimum absolute atomic E-state index is 1.22. The molecular formula is C48H30. The Morgan fingerprint density at radius 1 is 0.208 bits per heavy atom. The third-order valence-corrected chi connectivity index (χ3v) is 10.2. The molecule has 0 amide bonds. The molecule has 0 aliphatic carbocycles. The van der Waals surface area contributed by atoms with Crippen LogP contribution in [-0.2, 0) is 0 Å². The Morgan fingerprint density at radius 2 is 0.667 bits per heavy atom. The summed E-state index contributed by atoms with van der Waals surface area (Å²) >= 11 is 0. The second-order valence-electron chi connectivity index (χ2n) is 12.8. The van der Waals surface area contributed by atoms with Crippen LogP contribution >= 0.6 is 0 Å². The lowest BCUT2D eigenvalue weighted by Gasteiger charge is -2.20. The van der Waals surface area contributed by atoms with E-state index in [-0.39, 0.29) is 0 Å². The van der Waals surface area contributed by atoms with E-state index in [2.05, 4.69) is 182 Å². The fourth-order valence-corrected chi connectivity index (χ4v) is 8.10. The third kappa shape index (κ3) is 4.03. The smallest absolute Gasteiger partial charge is 0.00199 e. The van der Waals surface area contributed by atoms with Gasteiger partial charge in [-0.05, 0) is 110 Å². The van der Waals surface area contributed by atoms with Crippen molar-refractivity contribution in [3.05, 3.63) is 182 Å². The summed E-state index contributed by atoms with van der Waals surface area (Å²) in [6, 6.07) is 67.1. The van der Waals surface area contributed by atoms with E-state index < -0.39 is 0 Å². The van der Waals surface area contributed by atoms with E-state index in [0.29, 0.717) is 0 Å². The van der Waals surface area contributed by atoms with Crippen LogP contribution in [0.15, 0.2) is 182 Å². The van der Waals surface area contributed by atoms with Crippen molar-refractivity contribution in [2.45, 2.75) is 0 Å². The Kier molecular flexibility index (Phi) is 5.98. The van der Waals surface area contributed by atoms with Gasteiger partial charge in [0.25, 0.3) is 0 Å². The van der Waals surface area contributed by atoms with Gasteiger partial charge in [0.1, 0.15) is 0 Å². The normalized spacial score (nSPS) is 11.8. The fourth-order valence-electron chi connectivity index (χ4n) is 8.10. The molecule has 0 atom stereocenters. The van der Waals surface area contributed by atoms with Crippen molar-refractivity contribution in [3.63, 3.8) is 0 Å². The molecule has 10 aromatic carbocycles. The lowest BCUT2D eigenvalue weighted by Crippen LogP contribution is -1.93. The molecule has 10 aromatic rings. The molecule has 0 bridgehead atoms. The highest BCUT2D eigenvalue weighted by Crippen LogP contribution is 2.47. The van der Waals surface area contributed by atoms with Crippen molar-refractivity contribution in [3.8, 4) is 33.4 Å². The Hall–Kier alpha value is -6.24. The quantitative estimate of drug-likeness (QED) is 0.139. The first-order chi connectivity index (χ1) is 23.8. The third-order valence-electron chi connectivity index (χ3n) is 10.2. The molecule has 0 unspecified atom stereocenters. The first-order valence-electron chi connectivity index (χ1n) is 16.7. The van der Waals surface area contributed by atoms with E-state index in [9.17, 15) is 0 Å². The van der Waals surface area contributed by atoms with Crippen LogP contribution in [0.25, 0.3) is 98.0 Å². The summed E-state index contributed by atoms with van der Waals surface area (Å²) in [6.45, 7) is 0. The summed E-state index contributed by atoms with van der Waals surface area (Å²) in [6.07, 6.45) is 0. The van der Waals surface area contributed by atoms with Gasteiger partial charge in [-0.3, -0.25) is 0 Å². The van der Waals surface area contributed by atoms with E-state index in [1.54, 1.807) is 0 Å². The number of benzene rings is 10. The lowest BCUT2D eigenvalue weighted by molar-refractivity contribution is 1.64. The molecule has 0 N–H and O–H groups in total. The Labute approximate surface area is 279 Å². The topological polar surface area (TPSA) is 0 Å². The molecule has 0 heterocycles. The lowest BCUT2D eigenvalue weighted by atomic mass is 9.83. The molecule has 0 spiro atoms. The minimum Gasteiger partial charge on any atom is -0.0622 e. The predicted molar refractivity (Wildman–Crippen MR) is 208 cm³/mol. The molecule has 222 valence electrons. The van der Waals surface area contributed by atoms with Crippen LogP contribution in [0.5, 0.6) is 0 Å². The first-order valence-corrected chi connectivity index (χ1v) is 16.7. The average Bonchev–Trinajstić information content (AvgIpc) is 3.17. The number of rotatable bonds is 3. The van der Waals surface area contributed by atoms with Gasteiger partial charge in [0.2, 0.25) is 0 Å². The van der Waals surface area contributed by atoms with Gasteiger partial charge in [0, 0.05) is 0 Å². The van der Waals surface area contributed by atoms with Crippen LogP contribution in [0.4, 0.5) is 0 Å². The monoisotopic (exact) mass is 606 g/mol. The molecule has 0 aromatic heterocycles. The van der Waals surface area contributed by atoms with Gasteiger partial charge in [0.15, 0.2) is 0 Å². The molecule has 0 saturated heterocycles. The van der Waals surface area contributed by atoms with Crippen LogP contribution < -0.4 is 0 Å². The van der Waals surface area contributed by atoms with E-state index in [0.717, 1.165) is 0 Å². The summed E-state index contributed by atoms with van der Waals surface area (Å²) in [4.78, 5) is 0. The van der Waals surface area contributed by atoms with Crippen molar-refractivity contribution >= 4 is 64.6 Å². The largest absolute Gasteiger partial charge is 0.0622 e. The number of hydrogen-bond donors (Lipinski definition) is 0. The molecule has 0 radical (unpaired) electrons. The summed E-state index contributed by atoms with van der Waals surface area (Å²) < 4.78 is 0. The van der Waals surface area contributed by atoms with Crippen molar-refractivity contribution in [1.82, 2.24) is 0 Å².